The van der Waals surface area contributed by atoms with Crippen LogP contribution in [0.25, 0.3) is 22.6 Å². The third kappa shape index (κ3) is 4.78. The summed E-state index contributed by atoms with van der Waals surface area (Å²) in [4.78, 5) is 24.6. The molecule has 0 atom stereocenters. The molecule has 0 saturated heterocycles. The van der Waals surface area contributed by atoms with Crippen molar-refractivity contribution in [2.75, 3.05) is 5.32 Å². The zero-order valence-electron chi connectivity index (χ0n) is 15.3. The van der Waals surface area contributed by atoms with E-state index in [2.05, 4.69) is 32.9 Å². The summed E-state index contributed by atoms with van der Waals surface area (Å²) in [5.41, 5.74) is 0.537. The number of aromatic nitrogens is 4. The van der Waals surface area contributed by atoms with E-state index in [1.165, 1.54) is 25.3 Å². The SMILES string of the molecule is CCCCCCCCC(=O)Nc1cccc2c(=O)cc(-c3nn[nH]n3)oc12. The second-order valence-electron chi connectivity index (χ2n) is 6.46. The van der Waals surface area contributed by atoms with E-state index >= 15 is 0 Å². The first-order valence-corrected chi connectivity index (χ1v) is 9.29. The molecule has 2 aromatic heterocycles. The Morgan fingerprint density at radius 1 is 1.19 bits per heavy atom. The molecule has 0 saturated carbocycles. The summed E-state index contributed by atoms with van der Waals surface area (Å²) < 4.78 is 5.79. The lowest BCUT2D eigenvalue weighted by atomic mass is 10.1. The predicted molar refractivity (Wildman–Crippen MR) is 102 cm³/mol. The number of unbranched alkanes of at least 4 members (excludes halogenated alkanes) is 5. The van der Waals surface area contributed by atoms with Crippen LogP contribution in [0.3, 0.4) is 0 Å². The monoisotopic (exact) mass is 369 g/mol. The molecule has 1 aromatic carbocycles. The van der Waals surface area contributed by atoms with E-state index in [0.29, 0.717) is 23.1 Å². The van der Waals surface area contributed by atoms with Gasteiger partial charge >= 0.3 is 0 Å². The second kappa shape index (κ2) is 9.07. The molecule has 0 aliphatic heterocycles. The van der Waals surface area contributed by atoms with Crippen LogP contribution in [0.15, 0.2) is 33.5 Å². The van der Waals surface area contributed by atoms with Gasteiger partial charge in [0.25, 0.3) is 0 Å². The van der Waals surface area contributed by atoms with Gasteiger partial charge in [-0.25, -0.2) is 0 Å². The molecule has 1 amide bonds. The topological polar surface area (TPSA) is 114 Å². The van der Waals surface area contributed by atoms with Crippen LogP contribution >= 0.6 is 0 Å². The number of anilines is 1. The number of para-hydroxylation sites is 1. The Morgan fingerprint density at radius 3 is 2.78 bits per heavy atom. The van der Waals surface area contributed by atoms with Crippen LogP contribution in [0.5, 0.6) is 0 Å². The lowest BCUT2D eigenvalue weighted by molar-refractivity contribution is -0.116. The maximum absolute atomic E-state index is 12.4. The van der Waals surface area contributed by atoms with Gasteiger partial charge in [-0.05, 0) is 23.8 Å². The number of carbonyl (C=O) groups is 1. The first-order valence-electron chi connectivity index (χ1n) is 9.29. The average Bonchev–Trinajstić information content (AvgIpc) is 3.20. The van der Waals surface area contributed by atoms with Crippen molar-refractivity contribution in [3.8, 4) is 11.6 Å². The third-order valence-electron chi connectivity index (χ3n) is 4.35. The highest BCUT2D eigenvalue weighted by Gasteiger charge is 2.14. The van der Waals surface area contributed by atoms with Crippen molar-refractivity contribution in [2.45, 2.75) is 51.9 Å². The Labute approximate surface area is 156 Å². The van der Waals surface area contributed by atoms with Gasteiger partial charge in [-0.3, -0.25) is 9.59 Å². The number of nitrogens with one attached hydrogen (secondary N) is 2. The second-order valence-corrected chi connectivity index (χ2v) is 6.46. The van der Waals surface area contributed by atoms with Crippen LogP contribution in [-0.4, -0.2) is 26.5 Å². The summed E-state index contributed by atoms with van der Waals surface area (Å²) in [7, 11) is 0. The maximum atomic E-state index is 12.4. The van der Waals surface area contributed by atoms with E-state index in [0.717, 1.165) is 19.3 Å². The van der Waals surface area contributed by atoms with Crippen molar-refractivity contribution in [2.24, 2.45) is 0 Å². The molecule has 8 heteroatoms. The van der Waals surface area contributed by atoms with E-state index in [-0.39, 0.29) is 22.9 Å². The fraction of sp³-hybridized carbons (Fsp3) is 0.421. The van der Waals surface area contributed by atoms with Crippen molar-refractivity contribution >= 4 is 22.6 Å². The molecular formula is C19H23N5O3. The number of hydrogen-bond acceptors (Lipinski definition) is 6. The number of nitrogens with zero attached hydrogens (tertiary/aromatic N) is 3. The van der Waals surface area contributed by atoms with Crippen LogP contribution in [-0.2, 0) is 4.79 Å². The Hall–Kier alpha value is -3.03. The smallest absolute Gasteiger partial charge is 0.239 e. The quantitative estimate of drug-likeness (QED) is 0.556. The first-order chi connectivity index (χ1) is 13.2. The first kappa shape index (κ1) is 18.8. The third-order valence-corrected chi connectivity index (χ3v) is 4.35. The molecule has 2 heterocycles. The largest absolute Gasteiger partial charge is 0.450 e. The molecule has 0 fully saturated rings. The van der Waals surface area contributed by atoms with Crippen molar-refractivity contribution in [1.29, 1.82) is 0 Å². The number of amides is 1. The number of aromatic amines is 1. The summed E-state index contributed by atoms with van der Waals surface area (Å²) in [6.07, 6.45) is 7.14. The number of hydrogen-bond donors (Lipinski definition) is 2. The van der Waals surface area contributed by atoms with E-state index in [9.17, 15) is 9.59 Å². The Kier molecular flexibility index (Phi) is 6.30. The van der Waals surface area contributed by atoms with Crippen molar-refractivity contribution in [3.05, 3.63) is 34.5 Å². The fourth-order valence-electron chi connectivity index (χ4n) is 2.93. The van der Waals surface area contributed by atoms with Crippen molar-refractivity contribution < 1.29 is 9.21 Å². The summed E-state index contributed by atoms with van der Waals surface area (Å²) in [6, 6.07) is 6.40. The number of tetrazole rings is 1. The number of rotatable bonds is 9. The molecular weight excluding hydrogens is 346 g/mol. The predicted octanol–water partition coefficient (Wildman–Crippen LogP) is 3.66. The van der Waals surface area contributed by atoms with Gasteiger partial charge < -0.3 is 9.73 Å². The molecule has 0 aliphatic rings. The molecule has 0 bridgehead atoms. The van der Waals surface area contributed by atoms with Crippen LogP contribution in [0.4, 0.5) is 5.69 Å². The number of benzene rings is 1. The van der Waals surface area contributed by atoms with Gasteiger partial charge in [0.2, 0.25) is 11.7 Å². The lowest BCUT2D eigenvalue weighted by Gasteiger charge is -2.08. The minimum absolute atomic E-state index is 0.0920. The van der Waals surface area contributed by atoms with Gasteiger partial charge in [-0.15, -0.1) is 10.2 Å². The van der Waals surface area contributed by atoms with Crippen LogP contribution in [0, 0.1) is 0 Å². The Morgan fingerprint density at radius 2 is 2.00 bits per heavy atom. The normalized spacial score (nSPS) is 11.0. The molecule has 3 rings (SSSR count). The molecule has 2 N–H and O–H groups in total. The molecule has 3 aromatic rings. The van der Waals surface area contributed by atoms with E-state index in [1.807, 2.05) is 0 Å². The summed E-state index contributed by atoms with van der Waals surface area (Å²) in [6.45, 7) is 2.18. The molecule has 0 unspecified atom stereocenters. The number of carbonyl (C=O) groups excluding carboxylic acids is 1. The summed E-state index contributed by atoms with van der Waals surface area (Å²) in [5.74, 6) is 0.284. The van der Waals surface area contributed by atoms with Gasteiger partial charge in [0.1, 0.15) is 0 Å². The molecule has 8 nitrogen and oxygen atoms in total. The lowest BCUT2D eigenvalue weighted by Crippen LogP contribution is -2.12. The van der Waals surface area contributed by atoms with E-state index in [1.54, 1.807) is 18.2 Å². The zero-order chi connectivity index (χ0) is 19.1. The minimum atomic E-state index is -0.233. The van der Waals surface area contributed by atoms with Crippen molar-refractivity contribution in [1.82, 2.24) is 20.6 Å². The van der Waals surface area contributed by atoms with Gasteiger partial charge in [0.05, 0.1) is 11.1 Å². The summed E-state index contributed by atoms with van der Waals surface area (Å²) in [5, 5.41) is 16.7. The molecule has 0 radical (unpaired) electrons. The number of H-pyrrole nitrogens is 1. The van der Waals surface area contributed by atoms with Gasteiger partial charge in [-0.1, -0.05) is 45.1 Å². The zero-order valence-corrected chi connectivity index (χ0v) is 15.3. The van der Waals surface area contributed by atoms with Crippen LogP contribution in [0.2, 0.25) is 0 Å². The standard InChI is InChI=1S/C19H23N5O3/c1-2-3-4-5-6-7-11-17(26)20-14-10-8-9-13-15(25)12-16(27-18(13)14)19-21-23-24-22-19/h8-10,12H,2-7,11H2,1H3,(H,20,26)(H,21,22,23,24). The summed E-state index contributed by atoms with van der Waals surface area (Å²) >= 11 is 0. The van der Waals surface area contributed by atoms with Gasteiger partial charge in [-0.2, -0.15) is 5.21 Å². The Bertz CT molecular complexity index is 950. The average molecular weight is 369 g/mol. The highest BCUT2D eigenvalue weighted by Crippen LogP contribution is 2.25. The maximum Gasteiger partial charge on any atom is 0.239 e. The van der Waals surface area contributed by atoms with E-state index < -0.39 is 0 Å². The molecule has 27 heavy (non-hydrogen) atoms. The highest BCUT2D eigenvalue weighted by atomic mass is 16.3. The van der Waals surface area contributed by atoms with Crippen LogP contribution in [0.1, 0.15) is 51.9 Å². The van der Waals surface area contributed by atoms with Crippen molar-refractivity contribution in [3.63, 3.8) is 0 Å². The molecule has 0 aliphatic carbocycles. The molecule has 0 spiro atoms. The highest BCUT2D eigenvalue weighted by molar-refractivity contribution is 5.99. The van der Waals surface area contributed by atoms with E-state index in [4.69, 9.17) is 4.42 Å². The Balaban J connectivity index is 1.72. The van der Waals surface area contributed by atoms with Crippen LogP contribution < -0.4 is 10.7 Å². The number of fused-ring (bicyclic) bond motifs is 1. The molecule has 142 valence electrons. The minimum Gasteiger partial charge on any atom is -0.450 e. The van der Waals surface area contributed by atoms with Gasteiger partial charge in [0, 0.05) is 12.5 Å². The fourth-order valence-corrected chi connectivity index (χ4v) is 2.93. The van der Waals surface area contributed by atoms with Gasteiger partial charge in [0.15, 0.2) is 16.8 Å².